The number of methoxy groups -OCH3 is 1. The van der Waals surface area contributed by atoms with Crippen LogP contribution < -0.4 is 10.1 Å². The van der Waals surface area contributed by atoms with Gasteiger partial charge in [-0.25, -0.2) is 4.98 Å². The van der Waals surface area contributed by atoms with Gasteiger partial charge in [0.1, 0.15) is 5.75 Å². The largest absolute Gasteiger partial charge is 0.497 e. The van der Waals surface area contributed by atoms with E-state index in [4.69, 9.17) is 9.47 Å². The Morgan fingerprint density at radius 3 is 2.68 bits per heavy atom. The molecule has 1 N–H and O–H groups in total. The Morgan fingerprint density at radius 2 is 2.00 bits per heavy atom. The number of morpholine rings is 1. The Labute approximate surface area is 170 Å². The van der Waals surface area contributed by atoms with E-state index in [0.29, 0.717) is 12.3 Å². The number of benzene rings is 1. The van der Waals surface area contributed by atoms with Crippen molar-refractivity contribution in [2.75, 3.05) is 45.7 Å². The van der Waals surface area contributed by atoms with E-state index in [1.54, 1.807) is 13.3 Å². The first kappa shape index (κ1) is 20.7. The van der Waals surface area contributed by atoms with Crippen LogP contribution in [0.4, 0.5) is 0 Å². The maximum absolute atomic E-state index is 12.4. The van der Waals surface area contributed by atoms with Crippen LogP contribution in [-0.4, -0.2) is 71.6 Å². The van der Waals surface area contributed by atoms with Crippen molar-refractivity contribution in [2.45, 2.75) is 24.5 Å². The van der Waals surface area contributed by atoms with Gasteiger partial charge in [0.25, 0.3) is 0 Å². The molecule has 3 rings (SSSR count). The number of aromatic nitrogens is 2. The molecule has 1 aliphatic heterocycles. The minimum Gasteiger partial charge on any atom is -0.497 e. The summed E-state index contributed by atoms with van der Waals surface area (Å²) in [5.74, 6) is 1.14. The fraction of sp³-hybridized carbons (Fsp3) is 0.500. The van der Waals surface area contributed by atoms with Gasteiger partial charge in [0.15, 0.2) is 5.16 Å². The fourth-order valence-electron chi connectivity index (χ4n) is 3.11. The van der Waals surface area contributed by atoms with Gasteiger partial charge in [0, 0.05) is 43.3 Å². The second-order valence-electron chi connectivity index (χ2n) is 7.26. The zero-order valence-electron chi connectivity index (χ0n) is 16.7. The van der Waals surface area contributed by atoms with Crippen LogP contribution in [0.2, 0.25) is 0 Å². The van der Waals surface area contributed by atoms with Crippen molar-refractivity contribution in [3.63, 3.8) is 0 Å². The summed E-state index contributed by atoms with van der Waals surface area (Å²) in [4.78, 5) is 19.1. The van der Waals surface area contributed by atoms with Crippen LogP contribution in [0.3, 0.4) is 0 Å². The molecule has 0 aliphatic carbocycles. The molecule has 0 spiro atoms. The molecule has 28 heavy (non-hydrogen) atoms. The second kappa shape index (κ2) is 9.45. The van der Waals surface area contributed by atoms with E-state index in [9.17, 15) is 4.79 Å². The van der Waals surface area contributed by atoms with Crippen molar-refractivity contribution >= 4 is 17.7 Å². The third-order valence-electron chi connectivity index (χ3n) is 4.88. The molecule has 0 radical (unpaired) electrons. The van der Waals surface area contributed by atoms with E-state index in [0.717, 1.165) is 42.9 Å². The minimum atomic E-state index is -0.0916. The van der Waals surface area contributed by atoms with E-state index in [2.05, 4.69) is 29.0 Å². The van der Waals surface area contributed by atoms with Gasteiger partial charge in [-0.1, -0.05) is 11.8 Å². The third-order valence-corrected chi connectivity index (χ3v) is 5.84. The number of carbonyl (C=O) groups is 1. The number of hydrogen-bond donors (Lipinski definition) is 1. The topological polar surface area (TPSA) is 68.6 Å². The highest BCUT2D eigenvalue weighted by Gasteiger charge is 2.28. The van der Waals surface area contributed by atoms with Crippen LogP contribution in [0.25, 0.3) is 5.69 Å². The number of imidazole rings is 1. The zero-order valence-corrected chi connectivity index (χ0v) is 17.5. The normalized spacial score (nSPS) is 15.4. The molecule has 1 aromatic carbocycles. The first-order valence-corrected chi connectivity index (χ1v) is 10.4. The molecule has 8 heteroatoms. The number of rotatable bonds is 8. The Balaban J connectivity index is 1.51. The van der Waals surface area contributed by atoms with Crippen LogP contribution in [0.1, 0.15) is 13.8 Å². The monoisotopic (exact) mass is 404 g/mol. The molecule has 1 amide bonds. The predicted octanol–water partition coefficient (Wildman–Crippen LogP) is 2.20. The Hall–Kier alpha value is -2.03. The van der Waals surface area contributed by atoms with Crippen molar-refractivity contribution in [1.29, 1.82) is 0 Å². The number of hydrogen-bond acceptors (Lipinski definition) is 6. The van der Waals surface area contributed by atoms with E-state index in [1.807, 2.05) is 35.0 Å². The van der Waals surface area contributed by atoms with Crippen molar-refractivity contribution in [3.05, 3.63) is 36.7 Å². The molecule has 0 saturated carbocycles. The zero-order chi connectivity index (χ0) is 20.0. The third kappa shape index (κ3) is 5.27. The highest BCUT2D eigenvalue weighted by atomic mass is 32.2. The number of thioether (sulfide) groups is 1. The van der Waals surface area contributed by atoms with Crippen LogP contribution in [0, 0.1) is 0 Å². The summed E-state index contributed by atoms with van der Waals surface area (Å²) in [5.41, 5.74) is 0.890. The predicted molar refractivity (Wildman–Crippen MR) is 110 cm³/mol. The molecule has 7 nitrogen and oxygen atoms in total. The highest BCUT2D eigenvalue weighted by molar-refractivity contribution is 7.99. The standard InChI is InChI=1S/C20H28N4O3S/c1-20(2,23-10-12-27-13-11-23)15-22-18(25)14-28-19-21-8-9-24(19)16-4-6-17(26-3)7-5-16/h4-9H,10-15H2,1-3H3,(H,22,25). The number of ether oxygens (including phenoxy) is 2. The Kier molecular flexibility index (Phi) is 6.98. The van der Waals surface area contributed by atoms with E-state index in [-0.39, 0.29) is 11.4 Å². The second-order valence-corrected chi connectivity index (χ2v) is 8.20. The quantitative estimate of drug-likeness (QED) is 0.681. The molecule has 152 valence electrons. The van der Waals surface area contributed by atoms with E-state index < -0.39 is 0 Å². The maximum atomic E-state index is 12.4. The van der Waals surface area contributed by atoms with Crippen LogP contribution in [-0.2, 0) is 9.53 Å². The van der Waals surface area contributed by atoms with Gasteiger partial charge in [0.05, 0.1) is 26.1 Å². The van der Waals surface area contributed by atoms with Gasteiger partial charge in [-0.15, -0.1) is 0 Å². The highest BCUT2D eigenvalue weighted by Crippen LogP contribution is 2.22. The van der Waals surface area contributed by atoms with Gasteiger partial charge in [-0.2, -0.15) is 0 Å². The average Bonchev–Trinajstić information content (AvgIpc) is 3.20. The van der Waals surface area contributed by atoms with Crippen molar-refractivity contribution in [3.8, 4) is 11.4 Å². The number of nitrogens with zero attached hydrogens (tertiary/aromatic N) is 3. The summed E-state index contributed by atoms with van der Waals surface area (Å²) < 4.78 is 12.6. The van der Waals surface area contributed by atoms with Crippen LogP contribution in [0.5, 0.6) is 5.75 Å². The maximum Gasteiger partial charge on any atom is 0.230 e. The molecule has 0 unspecified atom stereocenters. The summed E-state index contributed by atoms with van der Waals surface area (Å²) in [5, 5.41) is 3.85. The molecule has 2 aromatic rings. The lowest BCUT2D eigenvalue weighted by molar-refractivity contribution is -0.119. The molecule has 1 fully saturated rings. The number of nitrogens with one attached hydrogen (secondary N) is 1. The molecule has 1 aliphatic rings. The smallest absolute Gasteiger partial charge is 0.230 e. The molecule has 2 heterocycles. The summed E-state index contributed by atoms with van der Waals surface area (Å²) in [7, 11) is 1.65. The lowest BCUT2D eigenvalue weighted by atomic mass is 10.0. The Morgan fingerprint density at radius 1 is 1.29 bits per heavy atom. The summed E-state index contributed by atoms with van der Waals surface area (Å²) >= 11 is 1.43. The van der Waals surface area contributed by atoms with Crippen molar-refractivity contribution < 1.29 is 14.3 Å². The summed E-state index contributed by atoms with van der Waals surface area (Å²) in [6.07, 6.45) is 3.63. The SMILES string of the molecule is COc1ccc(-n2ccnc2SCC(=O)NCC(C)(C)N2CCOCC2)cc1. The minimum absolute atomic E-state index is 0.00983. The van der Waals surface area contributed by atoms with Crippen LogP contribution in [0.15, 0.2) is 41.8 Å². The first-order valence-electron chi connectivity index (χ1n) is 9.40. The number of amides is 1. The molecule has 1 aromatic heterocycles. The Bertz CT molecular complexity index is 770. The first-order chi connectivity index (χ1) is 13.5. The van der Waals surface area contributed by atoms with Gasteiger partial charge in [-0.3, -0.25) is 14.3 Å². The van der Waals surface area contributed by atoms with Gasteiger partial charge in [0.2, 0.25) is 5.91 Å². The van der Waals surface area contributed by atoms with Gasteiger partial charge >= 0.3 is 0 Å². The van der Waals surface area contributed by atoms with Crippen molar-refractivity contribution in [1.82, 2.24) is 19.8 Å². The summed E-state index contributed by atoms with van der Waals surface area (Å²) in [6.45, 7) is 8.22. The molecular formula is C20H28N4O3S. The lowest BCUT2D eigenvalue weighted by Crippen LogP contribution is -2.55. The lowest BCUT2D eigenvalue weighted by Gasteiger charge is -2.40. The summed E-state index contributed by atoms with van der Waals surface area (Å²) in [6, 6.07) is 7.75. The number of carbonyl (C=O) groups excluding carboxylic acids is 1. The molecule has 0 atom stereocenters. The molecular weight excluding hydrogens is 376 g/mol. The van der Waals surface area contributed by atoms with E-state index in [1.165, 1.54) is 11.8 Å². The van der Waals surface area contributed by atoms with Crippen LogP contribution >= 0.6 is 11.8 Å². The fourth-order valence-corrected chi connectivity index (χ4v) is 3.92. The molecule has 0 bridgehead atoms. The average molecular weight is 405 g/mol. The van der Waals surface area contributed by atoms with Crippen molar-refractivity contribution in [2.24, 2.45) is 0 Å². The molecule has 1 saturated heterocycles. The van der Waals surface area contributed by atoms with Gasteiger partial charge in [-0.05, 0) is 38.1 Å². The van der Waals surface area contributed by atoms with Gasteiger partial charge < -0.3 is 14.8 Å². The van der Waals surface area contributed by atoms with E-state index >= 15 is 0 Å².